The zero-order chi connectivity index (χ0) is 27.5. The fraction of sp³-hybridized carbons (Fsp3) is 0.759. The van der Waals surface area contributed by atoms with E-state index in [0.717, 1.165) is 25.7 Å². The Kier molecular flexibility index (Phi) is 9.95. The molecule has 3 rings (SSSR count). The molecule has 2 bridgehead atoms. The van der Waals surface area contributed by atoms with Gasteiger partial charge in [-0.1, -0.05) is 52.7 Å². The molecule has 2 amide bonds. The zero-order valence-electron chi connectivity index (χ0n) is 23.2. The third-order valence-electron chi connectivity index (χ3n) is 8.95. The van der Waals surface area contributed by atoms with Crippen LogP contribution in [0.15, 0.2) is 25.3 Å². The predicted molar refractivity (Wildman–Crippen MR) is 148 cm³/mol. The first-order valence-electron chi connectivity index (χ1n) is 14.0. The van der Waals surface area contributed by atoms with Crippen molar-refractivity contribution in [2.75, 3.05) is 19.8 Å². The van der Waals surface area contributed by atoms with Crippen molar-refractivity contribution in [1.29, 1.82) is 0 Å². The lowest BCUT2D eigenvalue weighted by molar-refractivity contribution is -0.155. The normalized spacial score (nSPS) is 32.5. The Labute approximate surface area is 227 Å². The van der Waals surface area contributed by atoms with Gasteiger partial charge in [0.2, 0.25) is 11.8 Å². The molecule has 4 unspecified atom stereocenters. The fourth-order valence-electron chi connectivity index (χ4n) is 6.87. The Hall–Kier alpha value is -1.80. The third-order valence-corrected chi connectivity index (χ3v) is 11.0. The number of esters is 1. The first-order valence-corrected chi connectivity index (χ1v) is 14.8. The lowest BCUT2D eigenvalue weighted by Gasteiger charge is -2.44. The van der Waals surface area contributed by atoms with Gasteiger partial charge in [-0.25, -0.2) is 0 Å². The molecule has 0 saturated carbocycles. The first-order chi connectivity index (χ1) is 17.7. The number of nitrogens with zero attached hydrogens (tertiary/aromatic N) is 2. The molecule has 7 nitrogen and oxygen atoms in total. The Balaban J connectivity index is 2.13. The molecule has 3 fully saturated rings. The van der Waals surface area contributed by atoms with Gasteiger partial charge in [-0.3, -0.25) is 14.4 Å². The van der Waals surface area contributed by atoms with Gasteiger partial charge < -0.3 is 19.6 Å². The van der Waals surface area contributed by atoms with Crippen molar-refractivity contribution in [2.24, 2.45) is 23.7 Å². The summed E-state index contributed by atoms with van der Waals surface area (Å²) < 4.78 is 4.87. The monoisotopic (exact) mass is 534 g/mol. The van der Waals surface area contributed by atoms with Crippen molar-refractivity contribution in [1.82, 2.24) is 9.80 Å². The minimum absolute atomic E-state index is 0.00380. The zero-order valence-corrected chi connectivity index (χ0v) is 24.0. The van der Waals surface area contributed by atoms with E-state index in [4.69, 9.17) is 4.74 Å². The van der Waals surface area contributed by atoms with E-state index in [1.807, 2.05) is 25.7 Å². The van der Waals surface area contributed by atoms with Gasteiger partial charge in [-0.05, 0) is 38.0 Å². The lowest BCUT2D eigenvalue weighted by atomic mass is 9.66. The van der Waals surface area contributed by atoms with Crippen molar-refractivity contribution in [3.63, 3.8) is 0 Å². The molecular formula is C29H46N2O5S. The molecule has 0 aliphatic carbocycles. The van der Waals surface area contributed by atoms with Gasteiger partial charge in [0.05, 0.1) is 35.8 Å². The van der Waals surface area contributed by atoms with Gasteiger partial charge in [-0.2, -0.15) is 0 Å². The van der Waals surface area contributed by atoms with Gasteiger partial charge in [0.15, 0.2) is 0 Å². The molecule has 0 aromatic rings. The van der Waals surface area contributed by atoms with Crippen LogP contribution in [0.1, 0.15) is 66.7 Å². The molecule has 37 heavy (non-hydrogen) atoms. The molecule has 0 aromatic carbocycles. The van der Waals surface area contributed by atoms with E-state index in [9.17, 15) is 19.5 Å². The average molecular weight is 535 g/mol. The van der Waals surface area contributed by atoms with Crippen LogP contribution in [0, 0.1) is 23.7 Å². The number of carbonyl (C=O) groups is 3. The number of amides is 2. The number of rotatable bonds is 14. The Bertz CT molecular complexity index is 880. The second-order valence-corrected chi connectivity index (χ2v) is 12.6. The summed E-state index contributed by atoms with van der Waals surface area (Å²) >= 11 is 1.65. The molecule has 3 aliphatic heterocycles. The van der Waals surface area contributed by atoms with Crippen molar-refractivity contribution in [3.05, 3.63) is 25.3 Å². The molecule has 8 heteroatoms. The summed E-state index contributed by atoms with van der Waals surface area (Å²) in [4.78, 5) is 45.8. The van der Waals surface area contributed by atoms with E-state index in [-0.39, 0.29) is 54.1 Å². The number of aliphatic hydroxyl groups is 1. The summed E-state index contributed by atoms with van der Waals surface area (Å²) in [5.74, 6) is -1.80. The number of likely N-dealkylation sites (tertiary alicyclic amines) is 1. The molecule has 1 spiro atoms. The Morgan fingerprint density at radius 3 is 2.57 bits per heavy atom. The summed E-state index contributed by atoms with van der Waals surface area (Å²) in [6, 6.07) is -1.26. The van der Waals surface area contributed by atoms with Gasteiger partial charge >= 0.3 is 5.97 Å². The predicted octanol–water partition coefficient (Wildman–Crippen LogP) is 4.05. The maximum Gasteiger partial charge on any atom is 0.310 e. The van der Waals surface area contributed by atoms with E-state index in [1.54, 1.807) is 28.8 Å². The largest absolute Gasteiger partial charge is 0.465 e. The summed E-state index contributed by atoms with van der Waals surface area (Å²) in [5.41, 5.74) is 0. The summed E-state index contributed by atoms with van der Waals surface area (Å²) in [5, 5.41) is 10.5. The second kappa shape index (κ2) is 12.4. The van der Waals surface area contributed by atoms with Crippen LogP contribution in [0.5, 0.6) is 0 Å². The van der Waals surface area contributed by atoms with Crippen LogP contribution >= 0.6 is 11.8 Å². The number of ether oxygens (including phenoxy) is 1. The van der Waals surface area contributed by atoms with Crippen LogP contribution in [0.3, 0.4) is 0 Å². The van der Waals surface area contributed by atoms with Crippen LogP contribution in [0.4, 0.5) is 0 Å². The molecule has 1 N–H and O–H groups in total. The maximum atomic E-state index is 14.6. The van der Waals surface area contributed by atoms with Gasteiger partial charge in [0, 0.05) is 17.8 Å². The highest BCUT2D eigenvalue weighted by atomic mass is 32.2. The highest BCUT2D eigenvalue weighted by molar-refractivity contribution is 8.02. The first kappa shape index (κ1) is 29.8. The van der Waals surface area contributed by atoms with Crippen molar-refractivity contribution >= 4 is 29.5 Å². The third kappa shape index (κ3) is 5.00. The number of aliphatic hydroxyl groups excluding tert-OH is 1. The molecule has 3 heterocycles. The standard InChI is InChI=1S/C29H46N2O5S/c1-8-12-15-36-28(35)23-22-16-19(6)29(37-22)24(23)26(33)31(21(17-32)18(5)11-4)25(29)27(34)30(14-10-3)20(7)13-9-2/h8,10,18-25,32H,1,3,9,11-17H2,2,4-7H3/t18-,19?,20?,21-,22+,23-,24-,25?,29?/m0/s1. The van der Waals surface area contributed by atoms with E-state index in [0.29, 0.717) is 13.0 Å². The van der Waals surface area contributed by atoms with Crippen molar-refractivity contribution < 1.29 is 24.2 Å². The lowest BCUT2D eigenvalue weighted by Crippen LogP contribution is -2.61. The van der Waals surface area contributed by atoms with E-state index >= 15 is 0 Å². The minimum atomic E-state index is -0.744. The van der Waals surface area contributed by atoms with E-state index in [2.05, 4.69) is 27.0 Å². The second-order valence-electron chi connectivity index (χ2n) is 11.1. The van der Waals surface area contributed by atoms with Crippen LogP contribution in [-0.4, -0.2) is 80.6 Å². The van der Waals surface area contributed by atoms with Crippen LogP contribution in [0.2, 0.25) is 0 Å². The molecule has 208 valence electrons. The number of carbonyl (C=O) groups excluding carboxylic acids is 3. The van der Waals surface area contributed by atoms with Gasteiger partial charge in [-0.15, -0.1) is 24.9 Å². The summed E-state index contributed by atoms with van der Waals surface area (Å²) in [6.07, 6.45) is 7.28. The summed E-state index contributed by atoms with van der Waals surface area (Å²) in [6.45, 7) is 18.3. The minimum Gasteiger partial charge on any atom is -0.465 e. The Morgan fingerprint density at radius 2 is 2.00 bits per heavy atom. The SMILES string of the molecule is C=CCCOC(=O)[C@@H]1[C@H]2C(=O)N([C@@H](CO)[C@@H](C)CC)C(C(=O)N(CC=C)C(C)CCC)C23S[C@@H]1CC3C. The van der Waals surface area contributed by atoms with Crippen LogP contribution in [-0.2, 0) is 19.1 Å². The van der Waals surface area contributed by atoms with E-state index < -0.39 is 28.7 Å². The molecule has 0 radical (unpaired) electrons. The molecule has 3 saturated heterocycles. The quantitative estimate of drug-likeness (QED) is 0.206. The van der Waals surface area contributed by atoms with E-state index in [1.165, 1.54) is 0 Å². The number of hydrogen-bond donors (Lipinski definition) is 1. The molecule has 9 atom stereocenters. The van der Waals surface area contributed by atoms with Gasteiger partial charge in [0.25, 0.3) is 0 Å². The maximum absolute atomic E-state index is 14.6. The topological polar surface area (TPSA) is 87.1 Å². The molecule has 3 aliphatic rings. The summed E-state index contributed by atoms with van der Waals surface area (Å²) in [7, 11) is 0. The number of fused-ring (bicyclic) bond motifs is 1. The fourth-order valence-corrected chi connectivity index (χ4v) is 9.26. The number of hydrogen-bond acceptors (Lipinski definition) is 6. The van der Waals surface area contributed by atoms with Crippen molar-refractivity contribution in [2.45, 2.75) is 94.8 Å². The number of thioether (sulfide) groups is 1. The molecule has 0 aromatic heterocycles. The average Bonchev–Trinajstić information content (AvgIpc) is 3.46. The van der Waals surface area contributed by atoms with Crippen LogP contribution in [0.25, 0.3) is 0 Å². The van der Waals surface area contributed by atoms with Crippen LogP contribution < -0.4 is 0 Å². The van der Waals surface area contributed by atoms with Crippen molar-refractivity contribution in [3.8, 4) is 0 Å². The highest BCUT2D eigenvalue weighted by Crippen LogP contribution is 2.69. The van der Waals surface area contributed by atoms with Gasteiger partial charge in [0.1, 0.15) is 6.04 Å². The molecular weight excluding hydrogens is 488 g/mol. The Morgan fingerprint density at radius 1 is 1.30 bits per heavy atom. The smallest absolute Gasteiger partial charge is 0.310 e. The highest BCUT2D eigenvalue weighted by Gasteiger charge is 2.77.